The van der Waals surface area contributed by atoms with Crippen LogP contribution in [0.4, 0.5) is 8.78 Å². The molecule has 0 aliphatic carbocycles. The van der Waals surface area contributed by atoms with Gasteiger partial charge in [-0.1, -0.05) is 0 Å². The van der Waals surface area contributed by atoms with Crippen LogP contribution in [-0.2, 0) is 7.05 Å². The average Bonchev–Trinajstić information content (AvgIpc) is 2.74. The third-order valence-electron chi connectivity index (χ3n) is 2.37. The van der Waals surface area contributed by atoms with Crippen LogP contribution < -0.4 is 0 Å². The monoisotopic (exact) mass is 248 g/mol. The van der Waals surface area contributed by atoms with Gasteiger partial charge in [0.25, 0.3) is 0 Å². The van der Waals surface area contributed by atoms with Gasteiger partial charge in [0.15, 0.2) is 5.78 Å². The Morgan fingerprint density at radius 1 is 1.39 bits per heavy atom. The van der Waals surface area contributed by atoms with Crippen molar-refractivity contribution in [3.8, 4) is 0 Å². The van der Waals surface area contributed by atoms with Crippen LogP contribution >= 0.6 is 0 Å². The largest absolute Gasteiger partial charge is 0.289 e. The summed E-state index contributed by atoms with van der Waals surface area (Å²) in [7, 11) is 1.69. The maximum atomic E-state index is 13.3. The number of carbonyl (C=O) groups excluding carboxylic acids is 1. The number of ketones is 1. The predicted octanol–water partition coefficient (Wildman–Crippen LogP) is 2.59. The number of hydrogen-bond donors (Lipinski definition) is 0. The summed E-state index contributed by atoms with van der Waals surface area (Å²) in [6.45, 7) is 0. The van der Waals surface area contributed by atoms with Crippen molar-refractivity contribution in [3.05, 3.63) is 59.4 Å². The quantitative estimate of drug-likeness (QED) is 0.618. The van der Waals surface area contributed by atoms with Crippen molar-refractivity contribution in [2.24, 2.45) is 7.05 Å². The van der Waals surface area contributed by atoms with E-state index in [1.54, 1.807) is 13.2 Å². The number of aromatic nitrogens is 2. The lowest BCUT2D eigenvalue weighted by molar-refractivity contribution is 0.104. The minimum Gasteiger partial charge on any atom is -0.289 e. The van der Waals surface area contributed by atoms with E-state index in [9.17, 15) is 13.6 Å². The highest BCUT2D eigenvalue weighted by Crippen LogP contribution is 2.11. The van der Waals surface area contributed by atoms with Crippen LogP contribution in [0, 0.1) is 11.6 Å². The molecule has 0 saturated carbocycles. The Hall–Kier alpha value is -2.30. The summed E-state index contributed by atoms with van der Waals surface area (Å²) >= 11 is 0. The van der Waals surface area contributed by atoms with Gasteiger partial charge in [-0.2, -0.15) is 5.10 Å². The van der Waals surface area contributed by atoms with Gasteiger partial charge in [-0.15, -0.1) is 0 Å². The third-order valence-corrected chi connectivity index (χ3v) is 2.37. The molecule has 0 spiro atoms. The highest BCUT2D eigenvalue weighted by molar-refractivity contribution is 6.06. The maximum absolute atomic E-state index is 13.3. The van der Waals surface area contributed by atoms with Crippen molar-refractivity contribution < 1.29 is 13.6 Å². The number of aryl methyl sites for hydroxylation is 1. The van der Waals surface area contributed by atoms with Gasteiger partial charge >= 0.3 is 0 Å². The van der Waals surface area contributed by atoms with E-state index in [1.807, 2.05) is 0 Å². The molecule has 1 aromatic heterocycles. The Morgan fingerprint density at radius 3 is 2.78 bits per heavy atom. The van der Waals surface area contributed by atoms with Crippen molar-refractivity contribution in [1.82, 2.24) is 9.78 Å². The maximum Gasteiger partial charge on any atom is 0.189 e. The second-order valence-corrected chi connectivity index (χ2v) is 3.77. The molecule has 3 nitrogen and oxygen atoms in total. The smallest absolute Gasteiger partial charge is 0.189 e. The number of rotatable bonds is 3. The van der Waals surface area contributed by atoms with E-state index in [-0.39, 0.29) is 11.3 Å². The van der Waals surface area contributed by atoms with E-state index in [1.165, 1.54) is 29.1 Å². The van der Waals surface area contributed by atoms with Crippen LogP contribution in [-0.4, -0.2) is 15.6 Å². The highest BCUT2D eigenvalue weighted by atomic mass is 19.1. The van der Waals surface area contributed by atoms with Gasteiger partial charge in [0.1, 0.15) is 11.6 Å². The minimum atomic E-state index is -0.703. The number of allylic oxidation sites excluding steroid dienone is 1. The third kappa shape index (κ3) is 2.68. The first-order valence-corrected chi connectivity index (χ1v) is 5.22. The Bertz CT molecular complexity index is 617. The molecule has 1 heterocycles. The van der Waals surface area contributed by atoms with Gasteiger partial charge < -0.3 is 0 Å². The first kappa shape index (κ1) is 12.2. The van der Waals surface area contributed by atoms with E-state index in [0.717, 1.165) is 12.1 Å². The fourth-order valence-electron chi connectivity index (χ4n) is 1.45. The molecule has 92 valence electrons. The number of halogens is 2. The Balaban J connectivity index is 2.18. The molecule has 0 saturated heterocycles. The summed E-state index contributed by atoms with van der Waals surface area (Å²) in [6, 6.07) is 3.18. The van der Waals surface area contributed by atoms with Crippen LogP contribution in [0.5, 0.6) is 0 Å². The first-order valence-electron chi connectivity index (χ1n) is 5.22. The Labute approximate surface area is 102 Å². The number of carbonyl (C=O) groups is 1. The van der Waals surface area contributed by atoms with Gasteiger partial charge in [0, 0.05) is 24.9 Å². The molecule has 0 unspecified atom stereocenters. The molecule has 1 aromatic carbocycles. The van der Waals surface area contributed by atoms with Crippen molar-refractivity contribution in [2.45, 2.75) is 0 Å². The van der Waals surface area contributed by atoms with Gasteiger partial charge in [-0.25, -0.2) is 8.78 Å². The molecule has 2 aromatic rings. The normalized spacial score (nSPS) is 11.1. The number of benzene rings is 1. The molecule has 0 aliphatic heterocycles. The topological polar surface area (TPSA) is 34.9 Å². The van der Waals surface area contributed by atoms with Crippen molar-refractivity contribution in [3.63, 3.8) is 0 Å². The number of hydrogen-bond acceptors (Lipinski definition) is 2. The molecule has 0 atom stereocenters. The molecule has 0 fully saturated rings. The van der Waals surface area contributed by atoms with Crippen LogP contribution in [0.2, 0.25) is 0 Å². The average molecular weight is 248 g/mol. The molecular weight excluding hydrogens is 238 g/mol. The second kappa shape index (κ2) is 4.91. The standard InChI is InChI=1S/C13H10F2N2O/c1-17-8-10(7-16-17)13(18)5-3-9-2-4-11(14)6-12(9)15/h2-8H,1H3. The van der Waals surface area contributed by atoms with E-state index in [2.05, 4.69) is 5.10 Å². The molecule has 0 N–H and O–H groups in total. The molecule has 2 rings (SSSR count). The summed E-state index contributed by atoms with van der Waals surface area (Å²) in [5.41, 5.74) is 0.574. The lowest BCUT2D eigenvalue weighted by atomic mass is 10.1. The molecule has 0 radical (unpaired) electrons. The zero-order chi connectivity index (χ0) is 13.1. The van der Waals surface area contributed by atoms with Gasteiger partial charge in [0.05, 0.1) is 11.8 Å². The van der Waals surface area contributed by atoms with E-state index < -0.39 is 11.6 Å². The minimum absolute atomic E-state index is 0.161. The van der Waals surface area contributed by atoms with E-state index in [4.69, 9.17) is 0 Å². The van der Waals surface area contributed by atoms with Crippen molar-refractivity contribution in [1.29, 1.82) is 0 Å². The van der Waals surface area contributed by atoms with E-state index >= 15 is 0 Å². The molecular formula is C13H10F2N2O. The van der Waals surface area contributed by atoms with Crippen LogP contribution in [0.1, 0.15) is 15.9 Å². The zero-order valence-corrected chi connectivity index (χ0v) is 9.60. The lowest BCUT2D eigenvalue weighted by Crippen LogP contribution is -1.92. The highest BCUT2D eigenvalue weighted by Gasteiger charge is 2.05. The Kier molecular flexibility index (Phi) is 3.32. The van der Waals surface area contributed by atoms with Crippen LogP contribution in [0.3, 0.4) is 0 Å². The molecule has 0 bridgehead atoms. The molecule has 0 aliphatic rings. The van der Waals surface area contributed by atoms with Gasteiger partial charge in [-0.05, 0) is 24.3 Å². The van der Waals surface area contributed by atoms with Crippen molar-refractivity contribution >= 4 is 11.9 Å². The summed E-state index contributed by atoms with van der Waals surface area (Å²) in [4.78, 5) is 11.7. The van der Waals surface area contributed by atoms with E-state index in [0.29, 0.717) is 5.56 Å². The fraction of sp³-hybridized carbons (Fsp3) is 0.0769. The SMILES string of the molecule is Cn1cc(C(=O)C=Cc2ccc(F)cc2F)cn1. The predicted molar refractivity (Wildman–Crippen MR) is 62.9 cm³/mol. The van der Waals surface area contributed by atoms with Gasteiger partial charge in [-0.3, -0.25) is 9.48 Å². The van der Waals surface area contributed by atoms with Crippen LogP contribution in [0.25, 0.3) is 6.08 Å². The van der Waals surface area contributed by atoms with Crippen molar-refractivity contribution in [2.75, 3.05) is 0 Å². The zero-order valence-electron chi connectivity index (χ0n) is 9.60. The summed E-state index contributed by atoms with van der Waals surface area (Å²) < 4.78 is 27.5. The molecule has 0 amide bonds. The van der Waals surface area contributed by atoms with Gasteiger partial charge in [0.2, 0.25) is 0 Å². The molecule has 5 heteroatoms. The number of nitrogens with zero attached hydrogens (tertiary/aromatic N) is 2. The lowest BCUT2D eigenvalue weighted by Gasteiger charge is -1.96. The van der Waals surface area contributed by atoms with Crippen LogP contribution in [0.15, 0.2) is 36.7 Å². The second-order valence-electron chi connectivity index (χ2n) is 3.77. The summed E-state index contributed by atoms with van der Waals surface area (Å²) in [5.74, 6) is -1.64. The molecule has 18 heavy (non-hydrogen) atoms. The fourth-order valence-corrected chi connectivity index (χ4v) is 1.45. The first-order chi connectivity index (χ1) is 8.56. The summed E-state index contributed by atoms with van der Waals surface area (Å²) in [6.07, 6.45) is 5.53. The summed E-state index contributed by atoms with van der Waals surface area (Å²) in [5, 5.41) is 3.86. The Morgan fingerprint density at radius 2 is 2.17 bits per heavy atom.